The van der Waals surface area contributed by atoms with E-state index in [1.54, 1.807) is 25.1 Å². The molecular formula is C29H32N4O3S. The van der Waals surface area contributed by atoms with E-state index in [9.17, 15) is 9.59 Å². The number of anilines is 2. The highest BCUT2D eigenvalue weighted by Crippen LogP contribution is 2.29. The van der Waals surface area contributed by atoms with Crippen molar-refractivity contribution in [1.29, 1.82) is 0 Å². The van der Waals surface area contributed by atoms with Gasteiger partial charge in [0.2, 0.25) is 0 Å². The molecule has 192 valence electrons. The Morgan fingerprint density at radius 1 is 0.946 bits per heavy atom. The van der Waals surface area contributed by atoms with E-state index >= 15 is 0 Å². The van der Waals surface area contributed by atoms with Crippen LogP contribution in [0.1, 0.15) is 38.8 Å². The van der Waals surface area contributed by atoms with E-state index in [1.807, 2.05) is 37.3 Å². The highest BCUT2D eigenvalue weighted by atomic mass is 32.1. The summed E-state index contributed by atoms with van der Waals surface area (Å²) in [6.45, 7) is 8.31. The Hall–Kier alpha value is -3.75. The summed E-state index contributed by atoms with van der Waals surface area (Å²) in [6.07, 6.45) is 0. The molecule has 0 radical (unpaired) electrons. The van der Waals surface area contributed by atoms with Gasteiger partial charge >= 0.3 is 5.97 Å². The maximum Gasteiger partial charge on any atom is 0.338 e. The van der Waals surface area contributed by atoms with Crippen molar-refractivity contribution in [3.63, 3.8) is 0 Å². The largest absolute Gasteiger partial charge is 0.462 e. The molecule has 1 heterocycles. The standard InChI is InChI=1S/C29H32N4O3S/c1-3-36-28(35)23-13-14-26(33-17-15-32(16-18-33)20-22-10-5-4-6-11-22)25(19-23)30-29(37)31-27(34)24-12-8-7-9-21(24)2/h4-14,19H,3,15-18,20H2,1-2H3,(H2,30,31,34,37). The van der Waals surface area contributed by atoms with Gasteiger partial charge in [-0.2, -0.15) is 0 Å². The molecule has 3 aromatic carbocycles. The maximum atomic E-state index is 12.8. The third-order valence-corrected chi connectivity index (χ3v) is 6.54. The summed E-state index contributed by atoms with van der Waals surface area (Å²) >= 11 is 5.48. The summed E-state index contributed by atoms with van der Waals surface area (Å²) in [5.41, 5.74) is 4.70. The zero-order valence-corrected chi connectivity index (χ0v) is 22.0. The van der Waals surface area contributed by atoms with Gasteiger partial charge in [-0.05, 0) is 61.5 Å². The quantitative estimate of drug-likeness (QED) is 0.351. The number of hydrogen-bond donors (Lipinski definition) is 2. The van der Waals surface area contributed by atoms with Crippen LogP contribution >= 0.6 is 12.2 Å². The number of esters is 1. The number of nitrogens with one attached hydrogen (secondary N) is 2. The lowest BCUT2D eigenvalue weighted by Crippen LogP contribution is -2.46. The number of carbonyl (C=O) groups is 2. The average molecular weight is 517 g/mol. The zero-order chi connectivity index (χ0) is 26.2. The number of thiocarbonyl (C=S) groups is 1. The van der Waals surface area contributed by atoms with Gasteiger partial charge < -0.3 is 15.0 Å². The van der Waals surface area contributed by atoms with Crippen LogP contribution in [-0.4, -0.2) is 54.7 Å². The molecule has 3 aromatic rings. The predicted molar refractivity (Wildman–Crippen MR) is 151 cm³/mol. The summed E-state index contributed by atoms with van der Waals surface area (Å²) in [5.74, 6) is -0.687. The van der Waals surface area contributed by atoms with Gasteiger partial charge in [0.25, 0.3) is 5.91 Å². The molecule has 1 aliphatic rings. The van der Waals surface area contributed by atoms with Crippen molar-refractivity contribution in [1.82, 2.24) is 10.2 Å². The topological polar surface area (TPSA) is 73.9 Å². The van der Waals surface area contributed by atoms with Gasteiger partial charge in [-0.1, -0.05) is 48.5 Å². The van der Waals surface area contributed by atoms with Crippen molar-refractivity contribution in [2.45, 2.75) is 20.4 Å². The molecule has 0 atom stereocenters. The second kappa shape index (κ2) is 12.5. The lowest BCUT2D eigenvalue weighted by Gasteiger charge is -2.37. The molecule has 4 rings (SSSR count). The highest BCUT2D eigenvalue weighted by Gasteiger charge is 2.22. The average Bonchev–Trinajstić information content (AvgIpc) is 2.90. The molecule has 0 bridgehead atoms. The summed E-state index contributed by atoms with van der Waals surface area (Å²) in [5, 5.41) is 6.08. The molecule has 2 N–H and O–H groups in total. The number of piperazine rings is 1. The SMILES string of the molecule is CCOC(=O)c1ccc(N2CCN(Cc3ccccc3)CC2)c(NC(=S)NC(=O)c2ccccc2C)c1. The number of ether oxygens (including phenoxy) is 1. The Bertz CT molecular complexity index is 1260. The maximum absolute atomic E-state index is 12.8. The zero-order valence-electron chi connectivity index (χ0n) is 21.2. The number of nitrogens with zero attached hydrogens (tertiary/aromatic N) is 2. The molecule has 1 amide bonds. The van der Waals surface area contributed by atoms with Crippen molar-refractivity contribution >= 4 is 40.6 Å². The Labute approximate surface area is 223 Å². The number of hydrogen-bond acceptors (Lipinski definition) is 6. The van der Waals surface area contributed by atoms with Crippen molar-refractivity contribution in [2.75, 3.05) is 43.0 Å². The van der Waals surface area contributed by atoms with Gasteiger partial charge in [0, 0.05) is 38.3 Å². The lowest BCUT2D eigenvalue weighted by atomic mass is 10.1. The summed E-state index contributed by atoms with van der Waals surface area (Å²) in [4.78, 5) is 29.9. The van der Waals surface area contributed by atoms with Gasteiger partial charge in [0.1, 0.15) is 0 Å². The minimum Gasteiger partial charge on any atom is -0.462 e. The van der Waals surface area contributed by atoms with Gasteiger partial charge in [-0.15, -0.1) is 0 Å². The Morgan fingerprint density at radius 3 is 2.35 bits per heavy atom. The molecule has 0 unspecified atom stereocenters. The summed E-state index contributed by atoms with van der Waals surface area (Å²) in [7, 11) is 0. The summed E-state index contributed by atoms with van der Waals surface area (Å²) < 4.78 is 5.19. The van der Waals surface area contributed by atoms with E-state index in [1.165, 1.54) is 5.56 Å². The van der Waals surface area contributed by atoms with Crippen LogP contribution < -0.4 is 15.5 Å². The third-order valence-electron chi connectivity index (χ3n) is 6.33. The molecule has 0 saturated carbocycles. The van der Waals surface area contributed by atoms with Gasteiger partial charge in [0.15, 0.2) is 5.11 Å². The van der Waals surface area contributed by atoms with Crippen molar-refractivity contribution in [3.8, 4) is 0 Å². The monoisotopic (exact) mass is 516 g/mol. The third kappa shape index (κ3) is 6.93. The number of rotatable bonds is 7. The Morgan fingerprint density at radius 2 is 1.65 bits per heavy atom. The molecule has 1 fully saturated rings. The summed E-state index contributed by atoms with van der Waals surface area (Å²) in [6, 6.07) is 23.2. The molecule has 0 aromatic heterocycles. The van der Waals surface area contributed by atoms with Crippen molar-refractivity contribution in [2.24, 2.45) is 0 Å². The van der Waals surface area contributed by atoms with Crippen LogP contribution in [0.5, 0.6) is 0 Å². The van der Waals surface area contributed by atoms with Crippen LogP contribution in [0.3, 0.4) is 0 Å². The normalized spacial score (nSPS) is 13.6. The second-order valence-electron chi connectivity index (χ2n) is 8.92. The van der Waals surface area contributed by atoms with Crippen LogP contribution in [0.2, 0.25) is 0 Å². The van der Waals surface area contributed by atoms with E-state index in [2.05, 4.69) is 44.7 Å². The van der Waals surface area contributed by atoms with E-state index in [-0.39, 0.29) is 17.6 Å². The van der Waals surface area contributed by atoms with Crippen LogP contribution in [0.15, 0.2) is 72.8 Å². The molecule has 0 aliphatic carbocycles. The van der Waals surface area contributed by atoms with Crippen LogP contribution in [0, 0.1) is 6.92 Å². The lowest BCUT2D eigenvalue weighted by molar-refractivity contribution is 0.0526. The van der Waals surface area contributed by atoms with Gasteiger partial charge in [-0.3, -0.25) is 15.0 Å². The van der Waals surface area contributed by atoms with Crippen LogP contribution in [0.25, 0.3) is 0 Å². The highest BCUT2D eigenvalue weighted by molar-refractivity contribution is 7.80. The smallest absolute Gasteiger partial charge is 0.338 e. The molecule has 7 nitrogen and oxygen atoms in total. The predicted octanol–water partition coefficient (Wildman–Crippen LogP) is 4.62. The van der Waals surface area contributed by atoms with E-state index < -0.39 is 5.97 Å². The molecule has 0 spiro atoms. The second-order valence-corrected chi connectivity index (χ2v) is 9.33. The van der Waals surface area contributed by atoms with Crippen LogP contribution in [0.4, 0.5) is 11.4 Å². The van der Waals surface area contributed by atoms with Crippen LogP contribution in [-0.2, 0) is 11.3 Å². The molecule has 1 saturated heterocycles. The van der Waals surface area contributed by atoms with Crippen molar-refractivity contribution < 1.29 is 14.3 Å². The molecule has 37 heavy (non-hydrogen) atoms. The first-order valence-corrected chi connectivity index (χ1v) is 12.9. The van der Waals surface area contributed by atoms with Gasteiger partial charge in [-0.25, -0.2) is 4.79 Å². The first-order chi connectivity index (χ1) is 17.9. The number of aryl methyl sites for hydroxylation is 1. The number of benzene rings is 3. The van der Waals surface area contributed by atoms with E-state index in [0.29, 0.717) is 16.8 Å². The fraction of sp³-hybridized carbons (Fsp3) is 0.276. The van der Waals surface area contributed by atoms with E-state index in [4.69, 9.17) is 17.0 Å². The first kappa shape index (κ1) is 26.3. The van der Waals surface area contributed by atoms with Crippen molar-refractivity contribution in [3.05, 3.63) is 95.1 Å². The fourth-order valence-corrected chi connectivity index (χ4v) is 4.60. The Balaban J connectivity index is 1.48. The molecule has 8 heteroatoms. The molecule has 1 aliphatic heterocycles. The van der Waals surface area contributed by atoms with E-state index in [0.717, 1.165) is 44.0 Å². The fourth-order valence-electron chi connectivity index (χ4n) is 4.39. The minimum atomic E-state index is -0.403. The number of carbonyl (C=O) groups excluding carboxylic acids is 2. The van der Waals surface area contributed by atoms with Gasteiger partial charge in [0.05, 0.1) is 23.5 Å². The first-order valence-electron chi connectivity index (χ1n) is 12.4. The number of amides is 1. The minimum absolute atomic E-state index is 0.165. The molecular weight excluding hydrogens is 484 g/mol. The Kier molecular flexibility index (Phi) is 8.87.